The Bertz CT molecular complexity index is 1470. The fraction of sp³-hybridized carbons (Fsp3) is 0.200. The Kier molecular flexibility index (Phi) is 7.18. The molecule has 3 aromatic carbocycles. The van der Waals surface area contributed by atoms with Crippen molar-refractivity contribution in [3.63, 3.8) is 0 Å². The van der Waals surface area contributed by atoms with Gasteiger partial charge in [0.1, 0.15) is 5.82 Å². The van der Waals surface area contributed by atoms with Crippen molar-refractivity contribution >= 4 is 11.6 Å². The van der Waals surface area contributed by atoms with Crippen LogP contribution in [-0.4, -0.2) is 20.5 Å². The van der Waals surface area contributed by atoms with Crippen molar-refractivity contribution in [3.8, 4) is 22.5 Å². The Morgan fingerprint density at radius 3 is 2.19 bits per heavy atom. The molecule has 0 aliphatic heterocycles. The highest BCUT2D eigenvalue weighted by atomic mass is 35.5. The van der Waals surface area contributed by atoms with Crippen LogP contribution in [0.3, 0.4) is 0 Å². The highest BCUT2D eigenvalue weighted by Crippen LogP contribution is 2.37. The number of halogens is 8. The van der Waals surface area contributed by atoms with Gasteiger partial charge in [0.25, 0.3) is 0 Å². The normalized spacial score (nSPS) is 12.2. The lowest BCUT2D eigenvalue weighted by atomic mass is 9.97. The van der Waals surface area contributed by atoms with Crippen LogP contribution in [0.15, 0.2) is 71.5 Å². The number of hydrogen-bond acceptors (Lipinski definition) is 2. The van der Waals surface area contributed by atoms with Gasteiger partial charge >= 0.3 is 18.0 Å². The van der Waals surface area contributed by atoms with Gasteiger partial charge in [0.2, 0.25) is 0 Å². The van der Waals surface area contributed by atoms with Gasteiger partial charge in [-0.3, -0.25) is 4.57 Å². The standard InChI is InChI=1S/C25H17ClF7N3O/c26-18-7-5-16(6-8-18)22-34-36(23(37)35(22)10-9-24(28,29)30)14-15-11-17(13-19(27)12-15)20-3-1-2-4-21(20)25(31,32)33/h1-8,11-13H,9-10,14H2. The molecule has 0 aliphatic carbocycles. The van der Waals surface area contributed by atoms with Gasteiger partial charge in [-0.1, -0.05) is 29.8 Å². The van der Waals surface area contributed by atoms with Crippen LogP contribution in [0.2, 0.25) is 5.02 Å². The second-order valence-corrected chi connectivity index (χ2v) is 8.62. The summed E-state index contributed by atoms with van der Waals surface area (Å²) in [6, 6.07) is 13.8. The van der Waals surface area contributed by atoms with E-state index in [1.165, 1.54) is 48.5 Å². The molecule has 0 unspecified atom stereocenters. The summed E-state index contributed by atoms with van der Waals surface area (Å²) >= 11 is 5.87. The minimum absolute atomic E-state index is 0.0649. The summed E-state index contributed by atoms with van der Waals surface area (Å²) < 4.78 is 95.3. The van der Waals surface area contributed by atoms with Crippen LogP contribution < -0.4 is 5.69 Å². The summed E-state index contributed by atoms with van der Waals surface area (Å²) in [6.45, 7) is -1.11. The van der Waals surface area contributed by atoms with Gasteiger partial charge in [0, 0.05) is 17.1 Å². The zero-order valence-corrected chi connectivity index (χ0v) is 19.5. The van der Waals surface area contributed by atoms with E-state index in [-0.39, 0.29) is 22.5 Å². The molecule has 37 heavy (non-hydrogen) atoms. The number of hydrogen-bond donors (Lipinski definition) is 0. The van der Waals surface area contributed by atoms with E-state index in [9.17, 15) is 35.5 Å². The summed E-state index contributed by atoms with van der Waals surface area (Å²) in [5, 5.41) is 4.51. The van der Waals surface area contributed by atoms with E-state index in [1.54, 1.807) is 0 Å². The molecule has 0 bridgehead atoms. The molecular formula is C25H17ClF7N3O. The highest BCUT2D eigenvalue weighted by molar-refractivity contribution is 6.30. The summed E-state index contributed by atoms with van der Waals surface area (Å²) in [5.74, 6) is -0.920. The molecule has 0 amide bonds. The zero-order chi connectivity index (χ0) is 27.0. The molecule has 0 saturated heterocycles. The molecule has 4 nitrogen and oxygen atoms in total. The molecule has 0 atom stereocenters. The lowest BCUT2D eigenvalue weighted by Crippen LogP contribution is -2.27. The van der Waals surface area contributed by atoms with Crippen LogP contribution in [0.5, 0.6) is 0 Å². The van der Waals surface area contributed by atoms with Gasteiger partial charge in [-0.2, -0.15) is 26.3 Å². The van der Waals surface area contributed by atoms with Crippen molar-refractivity contribution in [2.75, 3.05) is 0 Å². The van der Waals surface area contributed by atoms with Crippen molar-refractivity contribution in [1.29, 1.82) is 0 Å². The van der Waals surface area contributed by atoms with E-state index >= 15 is 0 Å². The molecule has 4 rings (SSSR count). The van der Waals surface area contributed by atoms with E-state index in [1.807, 2.05) is 0 Å². The Balaban J connectivity index is 1.76. The summed E-state index contributed by atoms with van der Waals surface area (Å²) in [5.41, 5.74) is -1.79. The Labute approximate surface area is 210 Å². The van der Waals surface area contributed by atoms with Crippen LogP contribution in [0, 0.1) is 5.82 Å². The number of aromatic nitrogens is 3. The first-order chi connectivity index (χ1) is 17.3. The third-order valence-electron chi connectivity index (χ3n) is 5.48. The van der Waals surface area contributed by atoms with E-state index in [0.717, 1.165) is 27.4 Å². The molecule has 1 aromatic heterocycles. The monoisotopic (exact) mass is 543 g/mol. The predicted molar refractivity (Wildman–Crippen MR) is 124 cm³/mol. The van der Waals surface area contributed by atoms with Gasteiger partial charge in [-0.05, 0) is 65.2 Å². The van der Waals surface area contributed by atoms with Crippen molar-refractivity contribution in [1.82, 2.24) is 14.3 Å². The first-order valence-corrected chi connectivity index (χ1v) is 11.2. The lowest BCUT2D eigenvalue weighted by molar-refractivity contribution is -0.137. The predicted octanol–water partition coefficient (Wildman–Crippen LogP) is 7.19. The molecule has 0 fully saturated rings. The smallest absolute Gasteiger partial charge is 0.275 e. The maximum atomic E-state index is 14.5. The molecule has 4 aromatic rings. The molecule has 12 heteroatoms. The summed E-state index contributed by atoms with van der Waals surface area (Å²) in [4.78, 5) is 13.0. The highest BCUT2D eigenvalue weighted by Gasteiger charge is 2.33. The Hall–Kier alpha value is -3.60. The maximum absolute atomic E-state index is 14.5. The topological polar surface area (TPSA) is 39.8 Å². The molecule has 194 valence electrons. The molecule has 0 aliphatic rings. The Morgan fingerprint density at radius 2 is 1.54 bits per heavy atom. The number of rotatable bonds is 6. The van der Waals surface area contributed by atoms with Gasteiger partial charge in [0.15, 0.2) is 5.82 Å². The molecule has 0 saturated carbocycles. The second-order valence-electron chi connectivity index (χ2n) is 8.18. The third-order valence-corrected chi connectivity index (χ3v) is 5.73. The number of nitrogens with zero attached hydrogens (tertiary/aromatic N) is 3. The fourth-order valence-corrected chi connectivity index (χ4v) is 3.97. The summed E-state index contributed by atoms with van der Waals surface area (Å²) in [7, 11) is 0. The number of benzene rings is 3. The third kappa shape index (κ3) is 6.22. The lowest BCUT2D eigenvalue weighted by Gasteiger charge is -2.14. The largest absolute Gasteiger partial charge is 0.417 e. The molecule has 0 spiro atoms. The van der Waals surface area contributed by atoms with E-state index in [2.05, 4.69) is 5.10 Å². The van der Waals surface area contributed by atoms with E-state index in [0.29, 0.717) is 10.6 Å². The van der Waals surface area contributed by atoms with Crippen molar-refractivity contribution in [2.24, 2.45) is 0 Å². The quantitative estimate of drug-likeness (QED) is 0.241. The molecular weight excluding hydrogens is 527 g/mol. The van der Waals surface area contributed by atoms with Crippen molar-refractivity contribution < 1.29 is 30.7 Å². The first kappa shape index (κ1) is 26.5. The maximum Gasteiger partial charge on any atom is 0.417 e. The number of alkyl halides is 6. The van der Waals surface area contributed by atoms with Crippen LogP contribution >= 0.6 is 11.6 Å². The van der Waals surface area contributed by atoms with Crippen LogP contribution in [0.4, 0.5) is 30.7 Å². The van der Waals surface area contributed by atoms with Gasteiger partial charge in [-0.25, -0.2) is 13.9 Å². The van der Waals surface area contributed by atoms with Crippen LogP contribution in [-0.2, 0) is 19.3 Å². The molecule has 1 heterocycles. The second kappa shape index (κ2) is 10.0. The van der Waals surface area contributed by atoms with E-state index in [4.69, 9.17) is 11.6 Å². The van der Waals surface area contributed by atoms with Crippen molar-refractivity contribution in [2.45, 2.75) is 31.9 Å². The van der Waals surface area contributed by atoms with Gasteiger partial charge in [0.05, 0.1) is 18.5 Å². The molecule has 0 N–H and O–H groups in total. The average Bonchev–Trinajstić information content (AvgIpc) is 3.11. The minimum atomic E-state index is -4.69. The Morgan fingerprint density at radius 1 is 0.865 bits per heavy atom. The SMILES string of the molecule is O=c1n(Cc2cc(F)cc(-c3ccccc3C(F)(F)F)c2)nc(-c2ccc(Cl)cc2)n1CCC(F)(F)F. The van der Waals surface area contributed by atoms with Crippen molar-refractivity contribution in [3.05, 3.63) is 99.2 Å². The zero-order valence-electron chi connectivity index (χ0n) is 18.7. The van der Waals surface area contributed by atoms with Crippen LogP contribution in [0.1, 0.15) is 17.5 Å². The first-order valence-electron chi connectivity index (χ1n) is 10.8. The fourth-order valence-electron chi connectivity index (χ4n) is 3.85. The summed E-state index contributed by atoms with van der Waals surface area (Å²) in [6.07, 6.45) is -10.5. The minimum Gasteiger partial charge on any atom is -0.275 e. The van der Waals surface area contributed by atoms with Gasteiger partial charge < -0.3 is 0 Å². The van der Waals surface area contributed by atoms with Gasteiger partial charge in [-0.15, -0.1) is 5.10 Å². The van der Waals surface area contributed by atoms with Crippen LogP contribution in [0.25, 0.3) is 22.5 Å². The average molecular weight is 544 g/mol. The molecule has 0 radical (unpaired) electrons. The van der Waals surface area contributed by atoms with E-state index < -0.39 is 48.9 Å².